The van der Waals surface area contributed by atoms with Crippen LogP contribution in [0, 0.1) is 41.4 Å². The summed E-state index contributed by atoms with van der Waals surface area (Å²) in [6, 6.07) is 0.645. The zero-order valence-corrected chi connectivity index (χ0v) is 11.6. The molecule has 4 aliphatic rings. The number of hydrogen-bond donors (Lipinski definition) is 2. The Morgan fingerprint density at radius 3 is 2.33 bits per heavy atom. The smallest absolute Gasteiger partial charge is 0.0272 e. The second-order valence-electron chi connectivity index (χ2n) is 7.79. The lowest BCUT2D eigenvalue weighted by Crippen LogP contribution is -2.45. The monoisotopic (exact) mass is 248 g/mol. The number of fused-ring (bicyclic) bond motifs is 5. The van der Waals surface area contributed by atoms with Crippen LogP contribution in [0.3, 0.4) is 0 Å². The van der Waals surface area contributed by atoms with E-state index in [1.54, 1.807) is 6.42 Å². The zero-order valence-electron chi connectivity index (χ0n) is 11.6. The van der Waals surface area contributed by atoms with Crippen molar-refractivity contribution in [3.05, 3.63) is 0 Å². The largest absolute Gasteiger partial charge is 0.271 e. The van der Waals surface area contributed by atoms with E-state index in [4.69, 9.17) is 5.84 Å². The van der Waals surface area contributed by atoms with Crippen molar-refractivity contribution >= 4 is 0 Å². The molecule has 18 heavy (non-hydrogen) atoms. The molecule has 0 radical (unpaired) electrons. The Bertz CT molecular complexity index is 313. The average Bonchev–Trinajstić information content (AvgIpc) is 2.80. The summed E-state index contributed by atoms with van der Waals surface area (Å²) in [7, 11) is 0. The molecule has 4 rings (SSSR count). The standard InChI is InChI=1S/C16H28N2/c1-9-3-2-4-12(7-9)16(18-17)15-13-10-5-6-11(8-10)14(13)15/h9-16,18H,2-8,17H2,1H3. The van der Waals surface area contributed by atoms with Crippen LogP contribution in [0.4, 0.5) is 0 Å². The van der Waals surface area contributed by atoms with Gasteiger partial charge in [0.1, 0.15) is 0 Å². The molecule has 0 spiro atoms. The quantitative estimate of drug-likeness (QED) is 0.595. The highest BCUT2D eigenvalue weighted by molar-refractivity contribution is 5.16. The van der Waals surface area contributed by atoms with Crippen molar-refractivity contribution in [2.45, 2.75) is 57.9 Å². The molecule has 0 aromatic rings. The topological polar surface area (TPSA) is 38.0 Å². The van der Waals surface area contributed by atoms with Gasteiger partial charge in [0.25, 0.3) is 0 Å². The third kappa shape index (κ3) is 1.61. The van der Waals surface area contributed by atoms with Crippen LogP contribution in [0.2, 0.25) is 0 Å². The minimum Gasteiger partial charge on any atom is -0.271 e. The van der Waals surface area contributed by atoms with Crippen molar-refractivity contribution in [1.29, 1.82) is 0 Å². The van der Waals surface area contributed by atoms with Crippen LogP contribution in [0.5, 0.6) is 0 Å². The summed E-state index contributed by atoms with van der Waals surface area (Å²) in [5.41, 5.74) is 3.25. The first-order valence-corrected chi connectivity index (χ1v) is 8.25. The molecule has 7 unspecified atom stereocenters. The molecule has 2 nitrogen and oxygen atoms in total. The van der Waals surface area contributed by atoms with E-state index in [0.717, 1.165) is 41.4 Å². The fraction of sp³-hybridized carbons (Fsp3) is 1.00. The maximum absolute atomic E-state index is 5.95. The lowest BCUT2D eigenvalue weighted by Gasteiger charge is -2.34. The summed E-state index contributed by atoms with van der Waals surface area (Å²) in [5, 5.41) is 0. The molecule has 4 saturated carbocycles. The van der Waals surface area contributed by atoms with Crippen LogP contribution in [-0.2, 0) is 0 Å². The van der Waals surface area contributed by atoms with E-state index in [-0.39, 0.29) is 0 Å². The highest BCUT2D eigenvalue weighted by Gasteiger charge is 2.67. The summed E-state index contributed by atoms with van der Waals surface area (Å²) in [6.07, 6.45) is 10.3. The maximum Gasteiger partial charge on any atom is 0.0272 e. The van der Waals surface area contributed by atoms with Crippen LogP contribution in [-0.4, -0.2) is 6.04 Å². The molecular formula is C16H28N2. The molecule has 7 atom stereocenters. The normalized spacial score (nSPS) is 55.3. The van der Waals surface area contributed by atoms with Gasteiger partial charge in [0.2, 0.25) is 0 Å². The highest BCUT2D eigenvalue weighted by atomic mass is 15.2. The van der Waals surface area contributed by atoms with Crippen LogP contribution in [0.25, 0.3) is 0 Å². The Morgan fingerprint density at radius 2 is 1.72 bits per heavy atom. The first-order valence-electron chi connectivity index (χ1n) is 8.25. The third-order valence-corrected chi connectivity index (χ3v) is 6.89. The molecule has 2 heteroatoms. The zero-order chi connectivity index (χ0) is 12.3. The van der Waals surface area contributed by atoms with Gasteiger partial charge in [0, 0.05) is 6.04 Å². The molecule has 0 amide bonds. The van der Waals surface area contributed by atoms with Gasteiger partial charge in [-0.05, 0) is 73.5 Å². The number of rotatable bonds is 3. The fourth-order valence-corrected chi connectivity index (χ4v) is 6.24. The number of hydrazine groups is 1. The van der Waals surface area contributed by atoms with Crippen molar-refractivity contribution < 1.29 is 0 Å². The van der Waals surface area contributed by atoms with Gasteiger partial charge in [-0.3, -0.25) is 11.3 Å². The van der Waals surface area contributed by atoms with E-state index in [0.29, 0.717) is 6.04 Å². The van der Waals surface area contributed by atoms with E-state index in [1.165, 1.54) is 38.5 Å². The summed E-state index contributed by atoms with van der Waals surface area (Å²) in [6.45, 7) is 2.43. The van der Waals surface area contributed by atoms with Crippen LogP contribution < -0.4 is 11.3 Å². The maximum atomic E-state index is 5.95. The Kier molecular flexibility index (Phi) is 2.74. The summed E-state index contributed by atoms with van der Waals surface area (Å²) >= 11 is 0. The highest BCUT2D eigenvalue weighted by Crippen LogP contribution is 2.71. The Labute approximate surface area is 111 Å². The summed E-state index contributed by atoms with van der Waals surface area (Å²) in [5.74, 6) is 13.0. The SMILES string of the molecule is CC1CCCC(C(NN)C2C3C4CCC(C4)C32)C1. The molecule has 3 N–H and O–H groups in total. The van der Waals surface area contributed by atoms with Crippen molar-refractivity contribution in [3.8, 4) is 0 Å². The van der Waals surface area contributed by atoms with E-state index >= 15 is 0 Å². The molecular weight excluding hydrogens is 220 g/mol. The summed E-state index contributed by atoms with van der Waals surface area (Å²) in [4.78, 5) is 0. The fourth-order valence-electron chi connectivity index (χ4n) is 6.24. The Hall–Kier alpha value is -0.0800. The lowest BCUT2D eigenvalue weighted by molar-refractivity contribution is 0.190. The minimum atomic E-state index is 0.645. The van der Waals surface area contributed by atoms with Gasteiger partial charge in [-0.25, -0.2) is 0 Å². The minimum absolute atomic E-state index is 0.645. The first kappa shape index (κ1) is 11.7. The lowest BCUT2D eigenvalue weighted by atomic mass is 9.76. The second kappa shape index (κ2) is 4.21. The number of nitrogens with two attached hydrogens (primary N) is 1. The van der Waals surface area contributed by atoms with Crippen molar-refractivity contribution in [2.24, 2.45) is 47.3 Å². The number of nitrogens with one attached hydrogen (secondary N) is 1. The van der Waals surface area contributed by atoms with Gasteiger partial charge in [0.05, 0.1) is 0 Å². The van der Waals surface area contributed by atoms with Gasteiger partial charge in [-0.1, -0.05) is 19.8 Å². The molecule has 0 aromatic heterocycles. The van der Waals surface area contributed by atoms with Crippen molar-refractivity contribution in [2.75, 3.05) is 0 Å². The van der Waals surface area contributed by atoms with Gasteiger partial charge < -0.3 is 0 Å². The average molecular weight is 248 g/mol. The molecule has 4 aliphatic carbocycles. The summed E-state index contributed by atoms with van der Waals surface area (Å²) < 4.78 is 0. The van der Waals surface area contributed by atoms with E-state index in [2.05, 4.69) is 12.3 Å². The predicted molar refractivity (Wildman–Crippen MR) is 73.5 cm³/mol. The molecule has 0 aromatic carbocycles. The van der Waals surface area contributed by atoms with Gasteiger partial charge in [0.15, 0.2) is 0 Å². The molecule has 102 valence electrons. The van der Waals surface area contributed by atoms with Crippen LogP contribution in [0.15, 0.2) is 0 Å². The Balaban J connectivity index is 1.46. The molecule has 0 saturated heterocycles. The second-order valence-corrected chi connectivity index (χ2v) is 7.79. The predicted octanol–water partition coefficient (Wildman–Crippen LogP) is 2.94. The molecule has 0 heterocycles. The van der Waals surface area contributed by atoms with Crippen LogP contribution in [0.1, 0.15) is 51.9 Å². The van der Waals surface area contributed by atoms with E-state index < -0.39 is 0 Å². The van der Waals surface area contributed by atoms with E-state index in [9.17, 15) is 0 Å². The van der Waals surface area contributed by atoms with Crippen LogP contribution >= 0.6 is 0 Å². The van der Waals surface area contributed by atoms with Crippen molar-refractivity contribution in [1.82, 2.24) is 5.43 Å². The van der Waals surface area contributed by atoms with Gasteiger partial charge in [-0.2, -0.15) is 0 Å². The Morgan fingerprint density at radius 1 is 1.00 bits per heavy atom. The first-order chi connectivity index (χ1) is 8.79. The van der Waals surface area contributed by atoms with Gasteiger partial charge >= 0.3 is 0 Å². The molecule has 0 aliphatic heterocycles. The van der Waals surface area contributed by atoms with E-state index in [1.807, 2.05) is 0 Å². The third-order valence-electron chi connectivity index (χ3n) is 6.89. The molecule has 4 fully saturated rings. The van der Waals surface area contributed by atoms with Crippen molar-refractivity contribution in [3.63, 3.8) is 0 Å². The molecule has 2 bridgehead atoms. The number of hydrogen-bond acceptors (Lipinski definition) is 2. The van der Waals surface area contributed by atoms with Gasteiger partial charge in [-0.15, -0.1) is 0 Å².